The molecule has 0 saturated heterocycles. The molecule has 0 atom stereocenters. The van der Waals surface area contributed by atoms with E-state index in [1.165, 1.54) is 12.8 Å². The van der Waals surface area contributed by atoms with E-state index in [1.807, 2.05) is 6.92 Å². The highest BCUT2D eigenvalue weighted by Crippen LogP contribution is 2.28. The van der Waals surface area contributed by atoms with Crippen LogP contribution in [0.1, 0.15) is 39.0 Å². The van der Waals surface area contributed by atoms with E-state index in [-0.39, 0.29) is 5.97 Å². The fourth-order valence-electron chi connectivity index (χ4n) is 1.81. The molecule has 6 heteroatoms. The van der Waals surface area contributed by atoms with Crippen LogP contribution in [-0.4, -0.2) is 51.9 Å². The highest BCUT2D eigenvalue weighted by atomic mass is 16.5. The van der Waals surface area contributed by atoms with Gasteiger partial charge in [-0.2, -0.15) is 0 Å². The fourth-order valence-corrected chi connectivity index (χ4v) is 1.81. The standard InChI is InChI=1S/C15H29N3O3/c1-3-21-14(19)6-4-9-17-15(16-2)18-10-5-11-20-12-13-7-8-13/h13H,3-12H2,1-2H3,(H2,16,17,18). The number of ether oxygens (including phenoxy) is 2. The predicted molar refractivity (Wildman–Crippen MR) is 83.4 cm³/mol. The molecular formula is C15H29N3O3. The molecule has 0 aromatic carbocycles. The van der Waals surface area contributed by atoms with Crippen molar-refractivity contribution in [2.75, 3.05) is 40.0 Å². The van der Waals surface area contributed by atoms with E-state index in [1.54, 1.807) is 7.05 Å². The average molecular weight is 299 g/mol. The minimum absolute atomic E-state index is 0.143. The summed E-state index contributed by atoms with van der Waals surface area (Å²) < 4.78 is 10.4. The Balaban J connectivity index is 1.91. The summed E-state index contributed by atoms with van der Waals surface area (Å²) >= 11 is 0. The van der Waals surface area contributed by atoms with Gasteiger partial charge in [-0.05, 0) is 38.5 Å². The van der Waals surface area contributed by atoms with Gasteiger partial charge in [0.15, 0.2) is 5.96 Å². The van der Waals surface area contributed by atoms with Crippen molar-refractivity contribution in [3.63, 3.8) is 0 Å². The van der Waals surface area contributed by atoms with Gasteiger partial charge in [-0.15, -0.1) is 0 Å². The molecule has 2 N–H and O–H groups in total. The topological polar surface area (TPSA) is 72.0 Å². The zero-order chi connectivity index (χ0) is 15.3. The van der Waals surface area contributed by atoms with E-state index >= 15 is 0 Å². The van der Waals surface area contributed by atoms with Crippen LogP contribution in [0.25, 0.3) is 0 Å². The van der Waals surface area contributed by atoms with Gasteiger partial charge in [0.05, 0.1) is 6.61 Å². The molecule has 0 radical (unpaired) electrons. The molecule has 0 heterocycles. The van der Waals surface area contributed by atoms with E-state index in [0.717, 1.165) is 44.5 Å². The number of nitrogens with zero attached hydrogens (tertiary/aromatic N) is 1. The lowest BCUT2D eigenvalue weighted by Crippen LogP contribution is -2.38. The SMILES string of the molecule is CCOC(=O)CCCNC(=NC)NCCCOCC1CC1. The molecular weight excluding hydrogens is 270 g/mol. The number of nitrogens with one attached hydrogen (secondary N) is 2. The van der Waals surface area contributed by atoms with Crippen LogP contribution in [0.2, 0.25) is 0 Å². The second-order valence-electron chi connectivity index (χ2n) is 5.21. The van der Waals surface area contributed by atoms with Gasteiger partial charge in [-0.3, -0.25) is 9.79 Å². The van der Waals surface area contributed by atoms with Crippen molar-refractivity contribution in [1.82, 2.24) is 10.6 Å². The smallest absolute Gasteiger partial charge is 0.305 e. The first-order valence-corrected chi connectivity index (χ1v) is 7.94. The third kappa shape index (κ3) is 10.1. The Morgan fingerprint density at radius 1 is 1.24 bits per heavy atom. The molecule has 0 amide bonds. The lowest BCUT2D eigenvalue weighted by Gasteiger charge is -2.11. The van der Waals surface area contributed by atoms with Gasteiger partial charge in [0.1, 0.15) is 0 Å². The quantitative estimate of drug-likeness (QED) is 0.260. The van der Waals surface area contributed by atoms with Gasteiger partial charge in [0.25, 0.3) is 0 Å². The summed E-state index contributed by atoms with van der Waals surface area (Å²) in [4.78, 5) is 15.3. The summed E-state index contributed by atoms with van der Waals surface area (Å²) in [6.07, 6.45) is 4.81. The fraction of sp³-hybridized carbons (Fsp3) is 0.867. The van der Waals surface area contributed by atoms with Crippen molar-refractivity contribution in [1.29, 1.82) is 0 Å². The van der Waals surface area contributed by atoms with E-state index in [0.29, 0.717) is 19.6 Å². The molecule has 1 fully saturated rings. The van der Waals surface area contributed by atoms with Crippen LogP contribution in [-0.2, 0) is 14.3 Å². The minimum atomic E-state index is -0.143. The maximum Gasteiger partial charge on any atom is 0.305 e. The number of guanidine groups is 1. The largest absolute Gasteiger partial charge is 0.466 e. The first-order valence-electron chi connectivity index (χ1n) is 7.94. The second kappa shape index (κ2) is 11.4. The van der Waals surface area contributed by atoms with Crippen LogP contribution in [0.15, 0.2) is 4.99 Å². The van der Waals surface area contributed by atoms with Crippen LogP contribution in [0, 0.1) is 5.92 Å². The van der Waals surface area contributed by atoms with Gasteiger partial charge in [-0.25, -0.2) is 0 Å². The molecule has 0 aliphatic heterocycles. The molecule has 0 spiro atoms. The number of hydrogen-bond donors (Lipinski definition) is 2. The monoisotopic (exact) mass is 299 g/mol. The highest BCUT2D eigenvalue weighted by molar-refractivity contribution is 5.79. The predicted octanol–water partition coefficient (Wildman–Crippen LogP) is 1.31. The van der Waals surface area contributed by atoms with Crippen LogP contribution in [0.4, 0.5) is 0 Å². The van der Waals surface area contributed by atoms with Crippen LogP contribution >= 0.6 is 0 Å². The maximum absolute atomic E-state index is 11.2. The van der Waals surface area contributed by atoms with Crippen molar-refractivity contribution in [2.24, 2.45) is 10.9 Å². The van der Waals surface area contributed by atoms with Crippen LogP contribution < -0.4 is 10.6 Å². The number of rotatable bonds is 11. The third-order valence-electron chi connectivity index (χ3n) is 3.19. The second-order valence-corrected chi connectivity index (χ2v) is 5.21. The Kier molecular flexibility index (Phi) is 9.61. The number of esters is 1. The van der Waals surface area contributed by atoms with E-state index in [4.69, 9.17) is 9.47 Å². The number of carbonyl (C=O) groups is 1. The lowest BCUT2D eigenvalue weighted by molar-refractivity contribution is -0.143. The van der Waals surface area contributed by atoms with Crippen molar-refractivity contribution in [3.8, 4) is 0 Å². The summed E-state index contributed by atoms with van der Waals surface area (Å²) in [7, 11) is 1.74. The molecule has 1 aliphatic rings. The van der Waals surface area contributed by atoms with E-state index in [9.17, 15) is 4.79 Å². The normalized spacial score (nSPS) is 14.9. The summed E-state index contributed by atoms with van der Waals surface area (Å²) in [6.45, 7) is 5.51. The molecule has 21 heavy (non-hydrogen) atoms. The first kappa shape index (κ1) is 17.8. The Labute approximate surface area is 127 Å². The van der Waals surface area contributed by atoms with Crippen LogP contribution in [0.3, 0.4) is 0 Å². The summed E-state index contributed by atoms with van der Waals surface area (Å²) in [6, 6.07) is 0. The third-order valence-corrected chi connectivity index (χ3v) is 3.19. The summed E-state index contributed by atoms with van der Waals surface area (Å²) in [5.74, 6) is 1.45. The number of hydrogen-bond acceptors (Lipinski definition) is 4. The molecule has 0 unspecified atom stereocenters. The molecule has 6 nitrogen and oxygen atoms in total. The lowest BCUT2D eigenvalue weighted by atomic mass is 10.3. The van der Waals surface area contributed by atoms with Gasteiger partial charge < -0.3 is 20.1 Å². The Morgan fingerprint density at radius 2 is 1.95 bits per heavy atom. The molecule has 1 rings (SSSR count). The van der Waals surface area contributed by atoms with Crippen molar-refractivity contribution in [3.05, 3.63) is 0 Å². The van der Waals surface area contributed by atoms with E-state index in [2.05, 4.69) is 15.6 Å². The molecule has 0 aromatic rings. The van der Waals surface area contributed by atoms with Crippen LogP contribution in [0.5, 0.6) is 0 Å². The summed E-state index contributed by atoms with van der Waals surface area (Å²) in [5, 5.41) is 6.41. The first-order chi connectivity index (χ1) is 10.3. The molecule has 1 saturated carbocycles. The van der Waals surface area contributed by atoms with Gasteiger partial charge in [0, 0.05) is 39.8 Å². The Hall–Kier alpha value is -1.30. The van der Waals surface area contributed by atoms with Gasteiger partial charge in [-0.1, -0.05) is 0 Å². The molecule has 0 bridgehead atoms. The van der Waals surface area contributed by atoms with Gasteiger partial charge in [0.2, 0.25) is 0 Å². The molecule has 1 aliphatic carbocycles. The molecule has 0 aromatic heterocycles. The minimum Gasteiger partial charge on any atom is -0.466 e. The number of aliphatic imine (C=N–C) groups is 1. The van der Waals surface area contributed by atoms with Crippen molar-refractivity contribution < 1.29 is 14.3 Å². The molecule has 122 valence electrons. The van der Waals surface area contributed by atoms with E-state index < -0.39 is 0 Å². The van der Waals surface area contributed by atoms with Crippen molar-refractivity contribution >= 4 is 11.9 Å². The maximum atomic E-state index is 11.2. The Morgan fingerprint density at radius 3 is 2.57 bits per heavy atom. The zero-order valence-corrected chi connectivity index (χ0v) is 13.3. The zero-order valence-electron chi connectivity index (χ0n) is 13.3. The van der Waals surface area contributed by atoms with Gasteiger partial charge >= 0.3 is 5.97 Å². The number of carbonyl (C=O) groups excluding carboxylic acids is 1. The van der Waals surface area contributed by atoms with Crippen molar-refractivity contribution in [2.45, 2.75) is 39.0 Å². The Bertz CT molecular complexity index is 317. The highest BCUT2D eigenvalue weighted by Gasteiger charge is 2.20. The summed E-state index contributed by atoms with van der Waals surface area (Å²) in [5.41, 5.74) is 0. The average Bonchev–Trinajstić information content (AvgIpc) is 3.29.